The zero-order chi connectivity index (χ0) is 5.86. The van der Waals surface area contributed by atoms with E-state index >= 15 is 0 Å². The molecular formula is C4H7BrO2. The maximum Gasteiger partial charge on any atom is 0.108 e. The molecule has 1 atom stereocenters. The summed E-state index contributed by atoms with van der Waals surface area (Å²) in [7, 11) is 0. The van der Waals surface area contributed by atoms with E-state index < -0.39 is 6.10 Å². The maximum absolute atomic E-state index is 8.54. The van der Waals surface area contributed by atoms with Crippen molar-refractivity contribution >= 4 is 15.9 Å². The Kier molecular flexibility index (Phi) is 3.25. The fourth-order valence-corrected chi connectivity index (χ4v) is 0.244. The van der Waals surface area contributed by atoms with Gasteiger partial charge in [-0.25, -0.2) is 0 Å². The number of aliphatic hydroxyl groups is 2. The lowest BCUT2D eigenvalue weighted by Gasteiger charge is -2.00. The maximum atomic E-state index is 8.54. The van der Waals surface area contributed by atoms with Crippen LogP contribution >= 0.6 is 15.9 Å². The summed E-state index contributed by atoms with van der Waals surface area (Å²) in [5.41, 5.74) is 0. The Balaban J connectivity index is 3.34. The predicted molar refractivity (Wildman–Crippen MR) is 31.2 cm³/mol. The van der Waals surface area contributed by atoms with Crippen LogP contribution in [0.2, 0.25) is 0 Å². The first-order valence-corrected chi connectivity index (χ1v) is 2.61. The number of rotatable bonds is 2. The van der Waals surface area contributed by atoms with Crippen LogP contribution in [0.25, 0.3) is 0 Å². The van der Waals surface area contributed by atoms with Crippen molar-refractivity contribution in [3.8, 4) is 0 Å². The fourth-order valence-electron chi connectivity index (χ4n) is 0.0991. The molecule has 0 aliphatic heterocycles. The number of hydrogen-bond acceptors (Lipinski definition) is 2. The third-order valence-electron chi connectivity index (χ3n) is 0.535. The second kappa shape index (κ2) is 3.18. The Bertz CT molecular complexity index is 72.1. The van der Waals surface area contributed by atoms with Gasteiger partial charge in [0.25, 0.3) is 0 Å². The van der Waals surface area contributed by atoms with E-state index in [-0.39, 0.29) is 6.61 Å². The van der Waals surface area contributed by atoms with Crippen molar-refractivity contribution in [1.29, 1.82) is 0 Å². The molecule has 0 unspecified atom stereocenters. The third kappa shape index (κ3) is 2.79. The van der Waals surface area contributed by atoms with E-state index in [1.165, 1.54) is 0 Å². The number of hydrogen-bond donors (Lipinski definition) is 2. The van der Waals surface area contributed by atoms with Gasteiger partial charge in [0.15, 0.2) is 0 Å². The summed E-state index contributed by atoms with van der Waals surface area (Å²) in [6.07, 6.45) is -0.819. The molecule has 0 aliphatic carbocycles. The molecule has 0 aromatic rings. The third-order valence-corrected chi connectivity index (χ3v) is 1.06. The summed E-state index contributed by atoms with van der Waals surface area (Å²) in [6.45, 7) is 3.06. The molecule has 0 rings (SSSR count). The highest BCUT2D eigenvalue weighted by atomic mass is 79.9. The molecule has 0 bridgehead atoms. The monoisotopic (exact) mass is 166 g/mol. The molecule has 0 aliphatic rings. The van der Waals surface area contributed by atoms with Gasteiger partial charge in [-0.15, -0.1) is 0 Å². The largest absolute Gasteiger partial charge is 0.393 e. The minimum atomic E-state index is -0.819. The molecule has 3 heteroatoms. The molecule has 2 nitrogen and oxygen atoms in total. The first-order valence-electron chi connectivity index (χ1n) is 1.81. The van der Waals surface area contributed by atoms with Crippen LogP contribution in [0, 0.1) is 0 Å². The summed E-state index contributed by atoms with van der Waals surface area (Å²) in [6, 6.07) is 0. The molecule has 0 saturated carbocycles. The van der Waals surface area contributed by atoms with Gasteiger partial charge < -0.3 is 10.2 Å². The van der Waals surface area contributed by atoms with E-state index in [2.05, 4.69) is 22.5 Å². The van der Waals surface area contributed by atoms with Gasteiger partial charge in [0.1, 0.15) is 6.10 Å². The molecule has 0 aromatic carbocycles. The van der Waals surface area contributed by atoms with Crippen molar-refractivity contribution in [1.82, 2.24) is 0 Å². The molecule has 0 heterocycles. The smallest absolute Gasteiger partial charge is 0.108 e. The topological polar surface area (TPSA) is 40.5 Å². The number of aliphatic hydroxyl groups excluding tert-OH is 2. The van der Waals surface area contributed by atoms with Crippen molar-refractivity contribution in [2.45, 2.75) is 6.10 Å². The van der Waals surface area contributed by atoms with E-state index in [4.69, 9.17) is 10.2 Å². The van der Waals surface area contributed by atoms with Gasteiger partial charge in [0, 0.05) is 4.48 Å². The Morgan fingerprint density at radius 3 is 2.29 bits per heavy atom. The summed E-state index contributed by atoms with van der Waals surface area (Å²) in [5, 5.41) is 16.7. The molecule has 7 heavy (non-hydrogen) atoms. The molecule has 2 N–H and O–H groups in total. The van der Waals surface area contributed by atoms with Crippen LogP contribution < -0.4 is 0 Å². The van der Waals surface area contributed by atoms with E-state index in [0.29, 0.717) is 4.48 Å². The lowest BCUT2D eigenvalue weighted by atomic mass is 10.4. The molecule has 0 saturated heterocycles. The molecular weight excluding hydrogens is 160 g/mol. The average Bonchev–Trinajstić information content (AvgIpc) is 1.65. The summed E-state index contributed by atoms with van der Waals surface area (Å²) < 4.78 is 0.412. The van der Waals surface area contributed by atoms with Crippen molar-refractivity contribution in [2.75, 3.05) is 6.61 Å². The minimum absolute atomic E-state index is 0.274. The lowest BCUT2D eigenvalue weighted by molar-refractivity contribution is 0.129. The van der Waals surface area contributed by atoms with Crippen LogP contribution in [0.3, 0.4) is 0 Å². The van der Waals surface area contributed by atoms with Gasteiger partial charge in [0.05, 0.1) is 6.61 Å². The Morgan fingerprint density at radius 1 is 1.86 bits per heavy atom. The normalized spacial score (nSPS) is 13.6. The van der Waals surface area contributed by atoms with E-state index in [0.717, 1.165) is 0 Å². The lowest BCUT2D eigenvalue weighted by Crippen LogP contribution is -2.10. The highest BCUT2D eigenvalue weighted by molar-refractivity contribution is 9.11. The van der Waals surface area contributed by atoms with Gasteiger partial charge in [-0.1, -0.05) is 22.5 Å². The first kappa shape index (κ1) is 7.14. The summed E-state index contributed by atoms with van der Waals surface area (Å²) in [5.74, 6) is 0. The second-order valence-electron chi connectivity index (χ2n) is 1.15. The Morgan fingerprint density at radius 2 is 2.29 bits per heavy atom. The molecule has 0 amide bonds. The highest BCUT2D eigenvalue weighted by Gasteiger charge is 2.00. The van der Waals surface area contributed by atoms with Gasteiger partial charge in [0.2, 0.25) is 0 Å². The van der Waals surface area contributed by atoms with Crippen LogP contribution in [-0.4, -0.2) is 22.9 Å². The SMILES string of the molecule is C=C(Br)[C@H](O)CO. The molecule has 0 fully saturated rings. The Labute approximate surface area is 50.6 Å². The van der Waals surface area contributed by atoms with Gasteiger partial charge in [-0.2, -0.15) is 0 Å². The van der Waals surface area contributed by atoms with Crippen molar-refractivity contribution in [3.05, 3.63) is 11.1 Å². The van der Waals surface area contributed by atoms with Crippen LogP contribution in [0.5, 0.6) is 0 Å². The standard InChI is InChI=1S/C4H7BrO2/c1-3(5)4(7)2-6/h4,6-7H,1-2H2/t4-/m1/s1. The second-order valence-corrected chi connectivity index (χ2v) is 2.16. The van der Waals surface area contributed by atoms with Gasteiger partial charge in [-0.05, 0) is 0 Å². The van der Waals surface area contributed by atoms with Gasteiger partial charge in [-0.3, -0.25) is 0 Å². The average molecular weight is 167 g/mol. The predicted octanol–water partition coefficient (Wildman–Crippen LogP) is 0.248. The van der Waals surface area contributed by atoms with Crippen LogP contribution in [0.15, 0.2) is 11.1 Å². The quantitative estimate of drug-likeness (QED) is 0.618. The fraction of sp³-hybridized carbons (Fsp3) is 0.500. The van der Waals surface area contributed by atoms with Crippen molar-refractivity contribution < 1.29 is 10.2 Å². The van der Waals surface area contributed by atoms with E-state index in [9.17, 15) is 0 Å². The van der Waals surface area contributed by atoms with E-state index in [1.807, 2.05) is 0 Å². The minimum Gasteiger partial charge on any atom is -0.393 e. The number of halogens is 1. The Hall–Kier alpha value is 0.140. The first-order chi connectivity index (χ1) is 3.18. The van der Waals surface area contributed by atoms with Gasteiger partial charge >= 0.3 is 0 Å². The molecule has 0 spiro atoms. The van der Waals surface area contributed by atoms with Crippen molar-refractivity contribution in [3.63, 3.8) is 0 Å². The summed E-state index contributed by atoms with van der Waals surface area (Å²) in [4.78, 5) is 0. The van der Waals surface area contributed by atoms with Crippen LogP contribution in [0.4, 0.5) is 0 Å². The molecule has 0 radical (unpaired) electrons. The zero-order valence-corrected chi connectivity index (χ0v) is 5.35. The van der Waals surface area contributed by atoms with Crippen molar-refractivity contribution in [2.24, 2.45) is 0 Å². The molecule has 0 aromatic heterocycles. The van der Waals surface area contributed by atoms with Crippen LogP contribution in [-0.2, 0) is 0 Å². The molecule has 42 valence electrons. The van der Waals surface area contributed by atoms with E-state index in [1.54, 1.807) is 0 Å². The highest BCUT2D eigenvalue weighted by Crippen LogP contribution is 2.05. The zero-order valence-electron chi connectivity index (χ0n) is 3.76. The summed E-state index contributed by atoms with van der Waals surface area (Å²) >= 11 is 2.90. The van der Waals surface area contributed by atoms with Crippen LogP contribution in [0.1, 0.15) is 0 Å².